The van der Waals surface area contributed by atoms with Crippen molar-refractivity contribution < 1.29 is 52.0 Å². The van der Waals surface area contributed by atoms with Gasteiger partial charge in [0.1, 0.15) is 0 Å². The zero-order valence-corrected chi connectivity index (χ0v) is 46.3. The van der Waals surface area contributed by atoms with Crippen LogP contribution in [0, 0.1) is 0 Å². The van der Waals surface area contributed by atoms with E-state index in [0.29, 0.717) is 51.4 Å². The molecular weight excluding hydrogens is 876 g/mol. The fourth-order valence-electron chi connectivity index (χ4n) is 5.32. The Bertz CT molecular complexity index is 1310. The van der Waals surface area contributed by atoms with Gasteiger partial charge in [-0.3, -0.25) is 0 Å². The van der Waals surface area contributed by atoms with Gasteiger partial charge in [0.2, 0.25) is 0 Å². The van der Waals surface area contributed by atoms with Crippen molar-refractivity contribution in [3.63, 3.8) is 0 Å². The van der Waals surface area contributed by atoms with Gasteiger partial charge in [0.15, 0.2) is 0 Å². The van der Waals surface area contributed by atoms with Crippen LogP contribution in [0.5, 0.6) is 0 Å². The average molecular weight is 961 g/mol. The molecule has 17 heteroatoms. The summed E-state index contributed by atoms with van der Waals surface area (Å²) in [6.07, 6.45) is 2.74. The third-order valence-corrected chi connectivity index (χ3v) is 26.6. The molecule has 0 saturated carbocycles. The molecule has 2 rings (SSSR count). The fourth-order valence-corrected chi connectivity index (χ4v) is 23.4. The maximum absolute atomic E-state index is 7.62. The van der Waals surface area contributed by atoms with Gasteiger partial charge in [-0.05, 0) is 107 Å². The van der Waals surface area contributed by atoms with Gasteiger partial charge < -0.3 is 52.0 Å². The molecule has 0 fully saturated rings. The molecule has 0 spiro atoms. The highest BCUT2D eigenvalue weighted by Crippen LogP contribution is 2.43. The molecule has 0 aliphatic rings. The van der Waals surface area contributed by atoms with E-state index < -0.39 is 44.1 Å². The molecule has 8 unspecified atom stereocenters. The summed E-state index contributed by atoms with van der Waals surface area (Å²) >= 11 is 0. The first-order chi connectivity index (χ1) is 29.3. The van der Waals surface area contributed by atoms with Gasteiger partial charge in [0.05, 0.1) is 8.15 Å². The van der Waals surface area contributed by atoms with Gasteiger partial charge in [-0.2, -0.15) is 0 Å². The van der Waals surface area contributed by atoms with Crippen LogP contribution in [-0.4, -0.2) is 84.8 Å². The van der Waals surface area contributed by atoms with Crippen molar-refractivity contribution in [1.29, 1.82) is 0 Å². The second-order valence-electron chi connectivity index (χ2n) is 16.4. The van der Waals surface area contributed by atoms with Crippen molar-refractivity contribution in [2.45, 2.75) is 218 Å². The summed E-state index contributed by atoms with van der Waals surface area (Å²) in [7, 11) is -19.1. The minimum atomic E-state index is -4.49. The molecule has 0 aliphatic heterocycles. The molecule has 0 aliphatic carbocycles. The average Bonchev–Trinajstić information content (AvgIpc) is 3.25. The number of hydrogen-bond donors (Lipinski definition) is 0. The quantitative estimate of drug-likeness (QED) is 0.0492. The van der Waals surface area contributed by atoms with E-state index in [4.69, 9.17) is 52.0 Å². The Morgan fingerprint density at radius 3 is 0.790 bits per heavy atom. The van der Waals surface area contributed by atoms with E-state index in [1.165, 1.54) is 0 Å². The molecule has 0 aromatic heterocycles. The Balaban J connectivity index is 3.24. The van der Waals surface area contributed by atoms with E-state index in [1.807, 2.05) is 91.8 Å². The molecular formula is C45H85O12PSi4. The van der Waals surface area contributed by atoms with Crippen LogP contribution < -0.4 is 10.6 Å². The molecule has 0 radical (unpaired) electrons. The number of hydrogen-bond acceptors (Lipinski definition) is 12. The topological polar surface area (TPSA) is 111 Å². The van der Waals surface area contributed by atoms with Crippen LogP contribution >= 0.6 is 8.15 Å². The highest BCUT2D eigenvalue weighted by atomic mass is 31.1. The Labute approximate surface area is 383 Å². The maximum Gasteiger partial charge on any atom is 0.676 e. The zero-order chi connectivity index (χ0) is 46.6. The van der Waals surface area contributed by atoms with Gasteiger partial charge in [0.25, 0.3) is 0 Å². The van der Waals surface area contributed by atoms with E-state index in [1.54, 1.807) is 6.55 Å². The number of rotatable bonds is 34. The van der Waals surface area contributed by atoms with Crippen molar-refractivity contribution in [1.82, 2.24) is 0 Å². The molecule has 2 aromatic carbocycles. The lowest BCUT2D eigenvalue weighted by molar-refractivity contribution is -0.0945. The smallest absolute Gasteiger partial charge is 0.349 e. The van der Waals surface area contributed by atoms with E-state index in [9.17, 15) is 0 Å². The van der Waals surface area contributed by atoms with Crippen molar-refractivity contribution in [3.05, 3.63) is 60.7 Å². The minimum absolute atomic E-state index is 0.311. The third-order valence-electron chi connectivity index (χ3n) is 10.5. The summed E-state index contributed by atoms with van der Waals surface area (Å²) in [6, 6.07) is 20.2. The first kappa shape index (κ1) is 57.4. The van der Waals surface area contributed by atoms with Crippen molar-refractivity contribution in [3.8, 4) is 0 Å². The third kappa shape index (κ3) is 19.2. The summed E-state index contributed by atoms with van der Waals surface area (Å²) < 4.78 is 85.9. The lowest BCUT2D eigenvalue weighted by Gasteiger charge is -2.45. The lowest BCUT2D eigenvalue weighted by atomic mass is 10.3. The first-order valence-electron chi connectivity index (χ1n) is 23.4. The maximum atomic E-state index is 7.62. The molecule has 2 aromatic rings. The van der Waals surface area contributed by atoms with Crippen LogP contribution in [-0.2, 0) is 52.0 Å². The number of benzene rings is 2. The SMILES string of the molecule is CCC(C)O[Si](OC(C)CC)(OC(C)CC)O[Si](C)(O[Si](OC(C)CC)(OC(C)CC)OC(C)CC)O[Si](OC(C)CC)(OC(C)CC)OP(c1ccccc1)c1ccccc1. The largest absolute Gasteiger partial charge is 0.676 e. The van der Waals surface area contributed by atoms with Gasteiger partial charge in [-0.15, -0.1) is 0 Å². The molecule has 12 nitrogen and oxygen atoms in total. The molecule has 0 saturated heterocycles. The molecule has 0 N–H and O–H groups in total. The molecule has 8 atom stereocenters. The fraction of sp³-hybridized carbons (Fsp3) is 0.733. The predicted molar refractivity (Wildman–Crippen MR) is 259 cm³/mol. The predicted octanol–water partition coefficient (Wildman–Crippen LogP) is 11.5. The highest BCUT2D eigenvalue weighted by molar-refractivity contribution is 7.69. The summed E-state index contributed by atoms with van der Waals surface area (Å²) in [6.45, 7) is 34.2. The summed E-state index contributed by atoms with van der Waals surface area (Å²) in [5.74, 6) is 0. The molecule has 62 heavy (non-hydrogen) atoms. The zero-order valence-electron chi connectivity index (χ0n) is 41.4. The van der Waals surface area contributed by atoms with Gasteiger partial charge in [-0.1, -0.05) is 116 Å². The van der Waals surface area contributed by atoms with Crippen LogP contribution in [0.4, 0.5) is 0 Å². The first-order valence-corrected chi connectivity index (χ1v) is 31.8. The second kappa shape index (κ2) is 28.4. The minimum Gasteiger partial charge on any atom is -0.349 e. The summed E-state index contributed by atoms with van der Waals surface area (Å²) in [5.41, 5.74) is 0. The van der Waals surface area contributed by atoms with Crippen LogP contribution in [0.15, 0.2) is 60.7 Å². The Morgan fingerprint density at radius 1 is 0.355 bits per heavy atom. The second-order valence-corrected chi connectivity index (χ2v) is 27.8. The van der Waals surface area contributed by atoms with Crippen molar-refractivity contribution in [2.24, 2.45) is 0 Å². The molecule has 0 heterocycles. The summed E-state index contributed by atoms with van der Waals surface area (Å²) in [5, 5.41) is 1.90. The normalized spacial score (nSPS) is 20.2. The van der Waals surface area contributed by atoms with Crippen LogP contribution in [0.3, 0.4) is 0 Å². The monoisotopic (exact) mass is 960 g/mol. The van der Waals surface area contributed by atoms with E-state index in [2.05, 4.69) is 79.7 Å². The standard InChI is InChI=1S/C45H85O12PSi4/c1-18-36(9)46-60(47-37(10)19-2,48-38(11)20-3)55-59(17,56-61(49-39(12)21-4,50-40(13)22-5)51-41(14)23-6)57-62(52-42(15)24-7,53-43(16)25-8)54-58(44-32-28-26-29-33-44)45-34-30-27-31-35-45/h26-43H,18-25H2,1-17H3. The molecule has 0 bridgehead atoms. The lowest BCUT2D eigenvalue weighted by Crippen LogP contribution is -2.71. The van der Waals surface area contributed by atoms with E-state index in [-0.39, 0.29) is 48.8 Å². The Morgan fingerprint density at radius 2 is 0.565 bits per heavy atom. The molecule has 358 valence electrons. The van der Waals surface area contributed by atoms with Crippen molar-refractivity contribution >= 4 is 54.7 Å². The summed E-state index contributed by atoms with van der Waals surface area (Å²) in [4.78, 5) is 0. The van der Waals surface area contributed by atoms with Crippen LogP contribution in [0.25, 0.3) is 0 Å². The Hall–Kier alpha value is -0.742. The van der Waals surface area contributed by atoms with Crippen LogP contribution in [0.1, 0.15) is 162 Å². The van der Waals surface area contributed by atoms with E-state index in [0.717, 1.165) is 10.6 Å². The Kier molecular flexibility index (Phi) is 26.3. The highest BCUT2D eigenvalue weighted by Gasteiger charge is 2.68. The van der Waals surface area contributed by atoms with Crippen molar-refractivity contribution in [2.75, 3.05) is 0 Å². The van der Waals surface area contributed by atoms with E-state index >= 15 is 0 Å². The van der Waals surface area contributed by atoms with Crippen LogP contribution in [0.2, 0.25) is 6.55 Å². The van der Waals surface area contributed by atoms with Gasteiger partial charge >= 0.3 is 35.9 Å². The van der Waals surface area contributed by atoms with Gasteiger partial charge in [-0.25, -0.2) is 0 Å². The van der Waals surface area contributed by atoms with Gasteiger partial charge in [0, 0.05) is 66.0 Å². The molecule has 0 amide bonds.